The Hall–Kier alpha value is -5.56. The second kappa shape index (κ2) is 18.6. The first-order chi connectivity index (χ1) is 28.8. The first kappa shape index (κ1) is 40.2. The molecule has 8 rings (SSSR count). The van der Waals surface area contributed by atoms with Crippen LogP contribution in [0.2, 0.25) is 0 Å². The van der Waals surface area contributed by atoms with E-state index >= 15 is 0 Å². The minimum atomic E-state index is -0.921. The topological polar surface area (TPSA) is 168 Å². The number of carbonyl (C=O) groups excluding carboxylic acids is 3. The lowest BCUT2D eigenvalue weighted by Crippen LogP contribution is -2.56. The van der Waals surface area contributed by atoms with Crippen LogP contribution in [0.1, 0.15) is 80.4 Å². The molecule has 3 amide bonds. The summed E-state index contributed by atoms with van der Waals surface area (Å²) in [5, 5.41) is 19.0. The molecule has 59 heavy (non-hydrogen) atoms. The summed E-state index contributed by atoms with van der Waals surface area (Å²) in [6, 6.07) is 15.9. The van der Waals surface area contributed by atoms with Gasteiger partial charge in [0, 0.05) is 73.1 Å². The molecule has 0 bridgehead atoms. The molecular weight excluding hydrogens is 743 g/mol. The highest BCUT2D eigenvalue weighted by atomic mass is 16.2. The number of nitrogens with zero attached hydrogens (tertiary/aromatic N) is 4. The molecule has 13 heteroatoms. The number of aromatic nitrogens is 4. The molecule has 13 nitrogen and oxygen atoms in total. The second-order valence-electron chi connectivity index (χ2n) is 16.9. The van der Waals surface area contributed by atoms with E-state index in [1.165, 1.54) is 0 Å². The maximum atomic E-state index is 14.7. The van der Waals surface area contributed by atoms with Crippen LogP contribution in [0.3, 0.4) is 0 Å². The van der Waals surface area contributed by atoms with E-state index in [2.05, 4.69) is 41.0 Å². The summed E-state index contributed by atoms with van der Waals surface area (Å²) < 4.78 is 0. The van der Waals surface area contributed by atoms with E-state index in [1.54, 1.807) is 11.1 Å². The fourth-order valence-corrected chi connectivity index (χ4v) is 9.59. The van der Waals surface area contributed by atoms with Crippen LogP contribution in [-0.2, 0) is 16.0 Å². The van der Waals surface area contributed by atoms with Crippen LogP contribution in [0.5, 0.6) is 0 Å². The Morgan fingerprint density at radius 3 is 2.46 bits per heavy atom. The van der Waals surface area contributed by atoms with Crippen LogP contribution in [0, 0.1) is 18.8 Å². The highest BCUT2D eigenvalue weighted by Crippen LogP contribution is 2.29. The molecule has 6 heterocycles. The molecule has 3 atom stereocenters. The van der Waals surface area contributed by atoms with Gasteiger partial charge in [-0.15, -0.1) is 0 Å². The van der Waals surface area contributed by atoms with Crippen molar-refractivity contribution < 1.29 is 14.4 Å². The molecule has 3 aliphatic rings. The number of benzene rings is 2. The zero-order valence-corrected chi connectivity index (χ0v) is 34.1. The van der Waals surface area contributed by atoms with Gasteiger partial charge in [-0.3, -0.25) is 24.5 Å². The molecular formula is C46H57N9O4. The number of pyridine rings is 2. The predicted molar refractivity (Wildman–Crippen MR) is 231 cm³/mol. The normalized spacial score (nSPS) is 19.5. The molecule has 3 aliphatic heterocycles. The van der Waals surface area contributed by atoms with Crippen molar-refractivity contribution in [3.05, 3.63) is 100 Å². The van der Waals surface area contributed by atoms with Gasteiger partial charge >= 0.3 is 6.03 Å². The van der Waals surface area contributed by atoms with Crippen molar-refractivity contribution in [3.8, 4) is 0 Å². The van der Waals surface area contributed by atoms with Gasteiger partial charge < -0.3 is 30.7 Å². The number of amides is 3. The fraction of sp³-hybridized carbons (Fsp3) is 0.478. The highest BCUT2D eigenvalue weighted by molar-refractivity contribution is 5.94. The van der Waals surface area contributed by atoms with E-state index in [4.69, 9.17) is 0 Å². The van der Waals surface area contributed by atoms with Crippen LogP contribution >= 0.6 is 0 Å². The Labute approximate surface area is 345 Å². The third kappa shape index (κ3) is 9.67. The van der Waals surface area contributed by atoms with Crippen molar-refractivity contribution in [1.82, 2.24) is 41.0 Å². The van der Waals surface area contributed by atoms with Crippen molar-refractivity contribution in [2.75, 3.05) is 44.2 Å². The number of H-pyrrole nitrogens is 2. The van der Waals surface area contributed by atoms with Crippen molar-refractivity contribution in [2.24, 2.45) is 11.8 Å². The Morgan fingerprint density at radius 2 is 1.64 bits per heavy atom. The van der Waals surface area contributed by atoms with E-state index in [-0.39, 0.29) is 41.5 Å². The number of piperidine rings is 2. The molecule has 5 aromatic rings. The SMILES string of the molecule is Cc1cc(C[C@@H](NC(=O)N2CCC(c3cc4ccccc4[nH]c3=O)CC2)C(=O)N[C@@H](CC2CCNCC2)C(=O)C2CCCCN(c3ccncc3)CC2)cc2cn[nH]c12. The van der Waals surface area contributed by atoms with Crippen LogP contribution in [0.4, 0.5) is 10.5 Å². The van der Waals surface area contributed by atoms with Gasteiger partial charge in [0.05, 0.1) is 17.8 Å². The van der Waals surface area contributed by atoms with Crippen LogP contribution < -0.4 is 26.4 Å². The molecule has 5 N–H and O–H groups in total. The number of Topliss-reactive ketones (excluding diaryl/α,β-unsaturated/α-hetero) is 1. The van der Waals surface area contributed by atoms with E-state index in [9.17, 15) is 19.2 Å². The number of carbonyl (C=O) groups is 3. The van der Waals surface area contributed by atoms with Crippen molar-refractivity contribution in [1.29, 1.82) is 0 Å². The summed E-state index contributed by atoms with van der Waals surface area (Å²) in [5.74, 6) is -0.106. The van der Waals surface area contributed by atoms with Crippen molar-refractivity contribution in [2.45, 2.75) is 89.1 Å². The summed E-state index contributed by atoms with van der Waals surface area (Å²) in [5.41, 5.74) is 5.39. The summed E-state index contributed by atoms with van der Waals surface area (Å²) in [6.45, 7) is 6.38. The molecule has 1 unspecified atom stereocenters. The zero-order chi connectivity index (χ0) is 40.7. The summed E-state index contributed by atoms with van der Waals surface area (Å²) >= 11 is 0. The molecule has 3 saturated heterocycles. The quantitative estimate of drug-likeness (QED) is 0.113. The minimum Gasteiger partial charge on any atom is -0.371 e. The number of fused-ring (bicyclic) bond motifs is 2. The average molecular weight is 800 g/mol. The van der Waals surface area contributed by atoms with Crippen molar-refractivity contribution in [3.63, 3.8) is 0 Å². The largest absolute Gasteiger partial charge is 0.371 e. The first-order valence-corrected chi connectivity index (χ1v) is 21.6. The molecule has 0 aliphatic carbocycles. The number of hydrogen-bond donors (Lipinski definition) is 5. The third-order valence-electron chi connectivity index (χ3n) is 13.0. The standard InChI is InChI=1S/C46H57N9O4/c1-30-24-32(25-36-29-49-53-42(30)36)27-41(52-46(59)55-22-13-33(14-23-55)38-28-35-7-2-3-8-39(35)50-44(38)57)45(58)51-40(26-31-9-16-47-17-10-31)43(56)34-6-4-5-20-54(21-15-34)37-11-18-48-19-12-37/h2-3,7-8,11-12,18-19,24-25,28-29,31,33-34,40-41,47H,4-6,9-10,13-17,20-23,26-27H2,1H3,(H,49,53)(H,50,57)(H,51,58)(H,52,59)/t34?,40-,41+/m0/s1. The second-order valence-corrected chi connectivity index (χ2v) is 16.9. The van der Waals surface area contributed by atoms with Crippen molar-refractivity contribution >= 4 is 45.2 Å². The lowest BCUT2D eigenvalue weighted by atomic mass is 9.83. The zero-order valence-electron chi connectivity index (χ0n) is 34.1. The number of urea groups is 1. The number of likely N-dealkylation sites (tertiary alicyclic amines) is 1. The highest BCUT2D eigenvalue weighted by Gasteiger charge is 2.35. The number of nitrogens with one attached hydrogen (secondary N) is 5. The lowest BCUT2D eigenvalue weighted by Gasteiger charge is -2.34. The van der Waals surface area contributed by atoms with Gasteiger partial charge in [-0.25, -0.2) is 4.79 Å². The van der Waals surface area contributed by atoms with Gasteiger partial charge in [-0.05, 0) is 130 Å². The number of aryl methyl sites for hydroxylation is 1. The van der Waals surface area contributed by atoms with Gasteiger partial charge in [0.2, 0.25) is 5.91 Å². The molecule has 2 aromatic carbocycles. The van der Waals surface area contributed by atoms with Gasteiger partial charge in [0.1, 0.15) is 6.04 Å². The van der Waals surface area contributed by atoms with E-state index in [1.807, 2.05) is 73.9 Å². The van der Waals surface area contributed by atoms with Gasteiger partial charge in [0.15, 0.2) is 5.78 Å². The van der Waals surface area contributed by atoms with Gasteiger partial charge in [-0.2, -0.15) is 5.10 Å². The number of rotatable bonds is 11. The predicted octanol–water partition coefficient (Wildman–Crippen LogP) is 5.75. The third-order valence-corrected chi connectivity index (χ3v) is 13.0. The Kier molecular flexibility index (Phi) is 12.7. The number of para-hydroxylation sites is 1. The Balaban J connectivity index is 0.998. The van der Waals surface area contributed by atoms with E-state index < -0.39 is 12.1 Å². The smallest absolute Gasteiger partial charge is 0.318 e. The average Bonchev–Trinajstić information content (AvgIpc) is 3.73. The van der Waals surface area contributed by atoms with Crippen LogP contribution in [-0.4, -0.2) is 94.1 Å². The van der Waals surface area contributed by atoms with E-state index in [0.717, 1.165) is 102 Å². The molecule has 0 spiro atoms. The lowest BCUT2D eigenvalue weighted by molar-refractivity contribution is -0.131. The maximum Gasteiger partial charge on any atom is 0.318 e. The number of ketones is 1. The fourth-order valence-electron chi connectivity index (χ4n) is 9.59. The summed E-state index contributed by atoms with van der Waals surface area (Å²) in [7, 11) is 0. The first-order valence-electron chi connectivity index (χ1n) is 21.6. The molecule has 310 valence electrons. The van der Waals surface area contributed by atoms with Gasteiger partial charge in [0.25, 0.3) is 5.56 Å². The van der Waals surface area contributed by atoms with E-state index in [0.29, 0.717) is 44.7 Å². The summed E-state index contributed by atoms with van der Waals surface area (Å²) in [6.07, 6.45) is 12.8. The molecule has 0 radical (unpaired) electrons. The van der Waals surface area contributed by atoms with Crippen LogP contribution in [0.25, 0.3) is 21.8 Å². The monoisotopic (exact) mass is 799 g/mol. The number of anilines is 1. The number of aromatic amines is 2. The Bertz CT molecular complexity index is 2290. The molecule has 0 saturated carbocycles. The van der Waals surface area contributed by atoms with Crippen LogP contribution in [0.15, 0.2) is 78.0 Å². The molecule has 3 fully saturated rings. The van der Waals surface area contributed by atoms with Gasteiger partial charge in [-0.1, -0.05) is 30.7 Å². The summed E-state index contributed by atoms with van der Waals surface area (Å²) in [4.78, 5) is 67.8. The maximum absolute atomic E-state index is 14.7. The Morgan fingerprint density at radius 1 is 0.847 bits per heavy atom. The minimum absolute atomic E-state index is 0.0167. The number of hydrogen-bond acceptors (Lipinski definition) is 8. The molecule has 3 aromatic heterocycles.